The van der Waals surface area contributed by atoms with Crippen molar-refractivity contribution in [3.8, 4) is 0 Å². The average molecular weight is 600 g/mol. The highest BCUT2D eigenvalue weighted by Crippen LogP contribution is 2.19. The van der Waals surface area contributed by atoms with Crippen molar-refractivity contribution in [3.63, 3.8) is 0 Å². The first-order valence-corrected chi connectivity index (χ1v) is 15.5. The molecule has 3 N–H and O–H groups in total. The molecule has 0 aromatic heterocycles. The van der Waals surface area contributed by atoms with Gasteiger partial charge in [-0.1, -0.05) is 85.7 Å². The number of nitrogens with zero attached hydrogens (tertiary/aromatic N) is 2. The van der Waals surface area contributed by atoms with E-state index in [9.17, 15) is 24.0 Å². The zero-order valence-corrected chi connectivity index (χ0v) is 27.6. The van der Waals surface area contributed by atoms with Gasteiger partial charge in [0.2, 0.25) is 29.5 Å². The summed E-state index contributed by atoms with van der Waals surface area (Å²) in [5.41, 5.74) is 0.839. The zero-order chi connectivity index (χ0) is 32.6. The normalized spacial score (nSPS) is 25.2. The third kappa shape index (κ3) is 9.79. The van der Waals surface area contributed by atoms with Crippen molar-refractivity contribution in [1.29, 1.82) is 0 Å². The van der Waals surface area contributed by atoms with Gasteiger partial charge in [0.05, 0.1) is 0 Å². The van der Waals surface area contributed by atoms with Crippen molar-refractivity contribution in [2.45, 2.75) is 105 Å². The molecule has 1 aromatic rings. The second-order valence-electron chi connectivity index (χ2n) is 13.4. The lowest BCUT2D eigenvalue weighted by Gasteiger charge is -2.36. The van der Waals surface area contributed by atoms with Crippen LogP contribution >= 0.6 is 0 Å². The molecular weight excluding hydrogens is 546 g/mol. The van der Waals surface area contributed by atoms with Gasteiger partial charge in [-0.05, 0) is 42.1 Å². The number of hydrogen-bond donors (Lipinski definition) is 3. The van der Waals surface area contributed by atoms with Gasteiger partial charge in [0.1, 0.15) is 30.2 Å². The standard InChI is InChI=1S/C33H53N5O5/c1-19(2)16-24-29(39)35-26(18-23-14-12-11-13-15-23)33(43)38(10)28(22(7)8)31(41)36-25(17-20(3)4)32(42)37(9)27(21(5)6)30(40)34-24/h11-15,19-22,24-28H,16-18H2,1-10H3,(H,34,40)(H,35,39)(H,36,41)/t24-,25-,26-,27-,28-/m1/s1. The summed E-state index contributed by atoms with van der Waals surface area (Å²) in [4.78, 5) is 72.1. The molecule has 10 heteroatoms. The average Bonchev–Trinajstić information content (AvgIpc) is 2.90. The van der Waals surface area contributed by atoms with Crippen LogP contribution in [-0.2, 0) is 30.4 Å². The van der Waals surface area contributed by atoms with Gasteiger partial charge in [0.25, 0.3) is 0 Å². The third-order valence-corrected chi connectivity index (χ3v) is 7.89. The number of carbonyl (C=O) groups excluding carboxylic acids is 5. The van der Waals surface area contributed by atoms with Crippen LogP contribution in [0.2, 0.25) is 0 Å². The van der Waals surface area contributed by atoms with Crippen molar-refractivity contribution in [1.82, 2.24) is 25.8 Å². The number of benzene rings is 1. The maximum atomic E-state index is 14.1. The van der Waals surface area contributed by atoms with Crippen molar-refractivity contribution in [2.24, 2.45) is 23.7 Å². The Labute approximate surface area is 257 Å². The number of likely N-dealkylation sites (N-methyl/N-ethyl adjacent to an activating group) is 2. The number of amides is 5. The number of nitrogens with one attached hydrogen (secondary N) is 3. The molecule has 5 atom stereocenters. The molecule has 0 unspecified atom stereocenters. The van der Waals surface area contributed by atoms with Crippen molar-refractivity contribution >= 4 is 29.5 Å². The predicted octanol–water partition coefficient (Wildman–Crippen LogP) is 2.76. The summed E-state index contributed by atoms with van der Waals surface area (Å²) in [5.74, 6) is -2.66. The van der Waals surface area contributed by atoms with Crippen LogP contribution in [0, 0.1) is 23.7 Å². The molecule has 0 aliphatic carbocycles. The summed E-state index contributed by atoms with van der Waals surface area (Å²) in [7, 11) is 3.12. The van der Waals surface area contributed by atoms with E-state index in [4.69, 9.17) is 0 Å². The maximum Gasteiger partial charge on any atom is 0.245 e. The summed E-state index contributed by atoms with van der Waals surface area (Å²) in [6, 6.07) is 4.76. The molecule has 0 bridgehead atoms. The lowest BCUT2D eigenvalue weighted by Crippen LogP contribution is -2.60. The summed E-state index contributed by atoms with van der Waals surface area (Å²) in [6.45, 7) is 15.2. The van der Waals surface area contributed by atoms with E-state index in [-0.39, 0.29) is 30.1 Å². The van der Waals surface area contributed by atoms with E-state index in [2.05, 4.69) is 16.0 Å². The molecule has 1 aromatic carbocycles. The Morgan fingerprint density at radius 1 is 0.581 bits per heavy atom. The molecule has 1 saturated heterocycles. The Kier molecular flexibility index (Phi) is 13.2. The van der Waals surface area contributed by atoms with Gasteiger partial charge in [-0.2, -0.15) is 0 Å². The van der Waals surface area contributed by atoms with E-state index in [1.807, 2.05) is 85.7 Å². The quantitative estimate of drug-likeness (QED) is 0.424. The molecule has 2 rings (SSSR count). The van der Waals surface area contributed by atoms with Crippen LogP contribution in [0.4, 0.5) is 0 Å². The minimum absolute atomic E-state index is 0.0588. The fraction of sp³-hybridized carbons (Fsp3) is 0.667. The van der Waals surface area contributed by atoms with Gasteiger partial charge in [-0.3, -0.25) is 24.0 Å². The maximum absolute atomic E-state index is 14.1. The first kappa shape index (κ1) is 35.8. The second kappa shape index (κ2) is 15.9. The molecule has 1 aliphatic rings. The van der Waals surface area contributed by atoms with Gasteiger partial charge in [0, 0.05) is 20.5 Å². The van der Waals surface area contributed by atoms with E-state index in [0.29, 0.717) is 12.8 Å². The largest absolute Gasteiger partial charge is 0.342 e. The summed E-state index contributed by atoms with van der Waals surface area (Å²) in [5, 5.41) is 8.72. The fourth-order valence-corrected chi connectivity index (χ4v) is 5.85. The van der Waals surface area contributed by atoms with Gasteiger partial charge >= 0.3 is 0 Å². The summed E-state index contributed by atoms with van der Waals surface area (Å²) < 4.78 is 0. The van der Waals surface area contributed by atoms with Crippen LogP contribution in [0.5, 0.6) is 0 Å². The van der Waals surface area contributed by atoms with E-state index >= 15 is 0 Å². The Hall–Kier alpha value is -3.43. The molecule has 5 amide bonds. The Bertz CT molecular complexity index is 1120. The molecule has 1 aliphatic heterocycles. The summed E-state index contributed by atoms with van der Waals surface area (Å²) >= 11 is 0. The topological polar surface area (TPSA) is 128 Å². The number of hydrogen-bond acceptors (Lipinski definition) is 5. The van der Waals surface area contributed by atoms with E-state index < -0.39 is 59.7 Å². The number of carbonyl (C=O) groups is 5. The Morgan fingerprint density at radius 3 is 1.42 bits per heavy atom. The SMILES string of the molecule is CC(C)C[C@H]1NC(=O)[C@@H](C(C)C)N(C)C(=O)[C@@H](CC(C)C)NC(=O)[C@@H](C(C)C)N(C)C(=O)[C@@H](Cc2ccccc2)NC1=O. The molecule has 1 fully saturated rings. The van der Waals surface area contributed by atoms with Crippen molar-refractivity contribution in [2.75, 3.05) is 14.1 Å². The molecule has 43 heavy (non-hydrogen) atoms. The van der Waals surface area contributed by atoms with Crippen molar-refractivity contribution < 1.29 is 24.0 Å². The minimum Gasteiger partial charge on any atom is -0.342 e. The summed E-state index contributed by atoms with van der Waals surface area (Å²) in [6.07, 6.45) is 0.902. The molecule has 0 radical (unpaired) electrons. The lowest BCUT2D eigenvalue weighted by molar-refractivity contribution is -0.146. The monoisotopic (exact) mass is 599 g/mol. The highest BCUT2D eigenvalue weighted by atomic mass is 16.2. The fourth-order valence-electron chi connectivity index (χ4n) is 5.85. The van der Waals surface area contributed by atoms with Gasteiger partial charge < -0.3 is 25.8 Å². The van der Waals surface area contributed by atoms with Gasteiger partial charge in [0.15, 0.2) is 0 Å². The highest BCUT2D eigenvalue weighted by Gasteiger charge is 2.40. The first-order chi connectivity index (χ1) is 20.0. The molecular formula is C33H53N5O5. The lowest BCUT2D eigenvalue weighted by atomic mass is 9.96. The Balaban J connectivity index is 2.70. The van der Waals surface area contributed by atoms with E-state index in [1.165, 1.54) is 9.80 Å². The highest BCUT2D eigenvalue weighted by molar-refractivity contribution is 5.98. The first-order valence-electron chi connectivity index (χ1n) is 15.5. The van der Waals surface area contributed by atoms with Crippen LogP contribution in [0.3, 0.4) is 0 Å². The van der Waals surface area contributed by atoms with Crippen LogP contribution in [0.25, 0.3) is 0 Å². The molecule has 1 heterocycles. The molecule has 0 saturated carbocycles. The van der Waals surface area contributed by atoms with Crippen LogP contribution in [0.1, 0.15) is 73.8 Å². The smallest absolute Gasteiger partial charge is 0.245 e. The minimum atomic E-state index is -0.984. The van der Waals surface area contributed by atoms with Gasteiger partial charge in [-0.25, -0.2) is 0 Å². The Morgan fingerprint density at radius 2 is 0.977 bits per heavy atom. The predicted molar refractivity (Wildman–Crippen MR) is 168 cm³/mol. The van der Waals surface area contributed by atoms with Crippen LogP contribution < -0.4 is 16.0 Å². The third-order valence-electron chi connectivity index (χ3n) is 7.89. The molecule has 10 nitrogen and oxygen atoms in total. The molecule has 240 valence electrons. The van der Waals surface area contributed by atoms with Crippen LogP contribution in [0.15, 0.2) is 30.3 Å². The second-order valence-corrected chi connectivity index (χ2v) is 13.4. The zero-order valence-electron chi connectivity index (χ0n) is 27.6. The van der Waals surface area contributed by atoms with Crippen molar-refractivity contribution in [3.05, 3.63) is 35.9 Å². The van der Waals surface area contributed by atoms with E-state index in [0.717, 1.165) is 5.56 Å². The van der Waals surface area contributed by atoms with Gasteiger partial charge in [-0.15, -0.1) is 0 Å². The molecule has 0 spiro atoms. The number of rotatable bonds is 8. The van der Waals surface area contributed by atoms with Crippen LogP contribution in [-0.4, -0.2) is 83.6 Å². The van der Waals surface area contributed by atoms with E-state index in [1.54, 1.807) is 14.1 Å².